The average Bonchev–Trinajstić information content (AvgIpc) is 3.15. The van der Waals surface area contributed by atoms with Crippen molar-refractivity contribution in [2.45, 2.75) is 6.61 Å². The average molecular weight is 557 g/mol. The zero-order valence-electron chi connectivity index (χ0n) is 19.7. The van der Waals surface area contributed by atoms with Gasteiger partial charge in [-0.25, -0.2) is 4.39 Å². The van der Waals surface area contributed by atoms with Crippen molar-refractivity contribution >= 4 is 52.1 Å². The van der Waals surface area contributed by atoms with Crippen LogP contribution < -0.4 is 9.47 Å². The molecule has 3 aromatic rings. The first-order valence-electron chi connectivity index (χ1n) is 10.9. The van der Waals surface area contributed by atoms with Crippen LogP contribution in [0.5, 0.6) is 11.5 Å². The Morgan fingerprint density at radius 1 is 1.13 bits per heavy atom. The molecule has 0 saturated carbocycles. The second-order valence-corrected chi connectivity index (χ2v) is 9.29. The molecule has 9 nitrogen and oxygen atoms in total. The molecule has 1 aliphatic heterocycles. The van der Waals surface area contributed by atoms with Crippen molar-refractivity contribution in [2.75, 3.05) is 13.7 Å². The summed E-state index contributed by atoms with van der Waals surface area (Å²) in [5, 5.41) is 10.4. The number of halogens is 2. The lowest BCUT2D eigenvalue weighted by molar-refractivity contribution is -0.384. The molecule has 1 fully saturated rings. The number of thioether (sulfide) groups is 1. The number of hydrogen-bond acceptors (Lipinski definition) is 8. The minimum absolute atomic E-state index is 0.0831. The summed E-state index contributed by atoms with van der Waals surface area (Å²) in [5.74, 6) is -1.11. The van der Waals surface area contributed by atoms with Crippen LogP contribution in [0.3, 0.4) is 0 Å². The zero-order valence-corrected chi connectivity index (χ0v) is 21.3. The number of carbonyl (C=O) groups is 3. The lowest BCUT2D eigenvalue weighted by atomic mass is 10.1. The summed E-state index contributed by atoms with van der Waals surface area (Å²) in [7, 11) is 1.44. The lowest BCUT2D eigenvalue weighted by Crippen LogP contribution is -2.33. The van der Waals surface area contributed by atoms with E-state index in [-0.39, 0.29) is 39.1 Å². The number of nitro benzene ring substituents is 1. The van der Waals surface area contributed by atoms with Crippen molar-refractivity contribution in [3.63, 3.8) is 0 Å². The van der Waals surface area contributed by atoms with Gasteiger partial charge in [0, 0.05) is 23.3 Å². The number of hydrogen-bond donors (Lipinski definition) is 0. The van der Waals surface area contributed by atoms with Crippen LogP contribution in [0.1, 0.15) is 21.5 Å². The van der Waals surface area contributed by atoms with Crippen LogP contribution in [0.25, 0.3) is 6.08 Å². The van der Waals surface area contributed by atoms with Gasteiger partial charge in [0.1, 0.15) is 12.4 Å². The summed E-state index contributed by atoms with van der Waals surface area (Å²) in [6.45, 7) is -0.688. The summed E-state index contributed by atoms with van der Waals surface area (Å²) < 4.78 is 25.2. The first-order valence-corrected chi connectivity index (χ1v) is 12.1. The third kappa shape index (κ3) is 5.84. The molecule has 1 aliphatic rings. The molecule has 194 valence electrons. The minimum atomic E-state index is -0.660. The van der Waals surface area contributed by atoms with Gasteiger partial charge < -0.3 is 9.47 Å². The third-order valence-electron chi connectivity index (χ3n) is 5.49. The van der Waals surface area contributed by atoms with Gasteiger partial charge in [0.15, 0.2) is 17.3 Å². The van der Waals surface area contributed by atoms with E-state index in [4.69, 9.17) is 21.1 Å². The van der Waals surface area contributed by atoms with Crippen molar-refractivity contribution < 1.29 is 33.2 Å². The highest BCUT2D eigenvalue weighted by Crippen LogP contribution is 2.35. The van der Waals surface area contributed by atoms with Crippen LogP contribution >= 0.6 is 23.4 Å². The largest absolute Gasteiger partial charge is 0.493 e. The molecule has 0 aliphatic carbocycles. The van der Waals surface area contributed by atoms with Gasteiger partial charge in [-0.2, -0.15) is 0 Å². The number of ether oxygens (including phenoxy) is 2. The highest BCUT2D eigenvalue weighted by atomic mass is 35.5. The van der Waals surface area contributed by atoms with Crippen molar-refractivity contribution in [3.8, 4) is 11.5 Å². The predicted molar refractivity (Wildman–Crippen MR) is 139 cm³/mol. The quantitative estimate of drug-likeness (QED) is 0.138. The molecular formula is C26H18ClFN2O7S. The molecule has 0 N–H and O–H groups in total. The normalized spacial score (nSPS) is 14.2. The molecule has 0 aromatic heterocycles. The second-order valence-electron chi connectivity index (χ2n) is 7.89. The van der Waals surface area contributed by atoms with E-state index in [2.05, 4.69) is 0 Å². The molecule has 0 bridgehead atoms. The van der Waals surface area contributed by atoms with E-state index in [0.29, 0.717) is 23.1 Å². The van der Waals surface area contributed by atoms with Gasteiger partial charge >= 0.3 is 0 Å². The van der Waals surface area contributed by atoms with Gasteiger partial charge in [0.05, 0.1) is 28.5 Å². The number of nitrogens with zero attached hydrogens (tertiary/aromatic N) is 2. The molecule has 3 aromatic carbocycles. The number of Topliss-reactive ketones (excluding diaryl/α,β-unsaturated/α-hetero) is 1. The number of nitro groups is 1. The summed E-state index contributed by atoms with van der Waals surface area (Å²) >= 11 is 6.73. The van der Waals surface area contributed by atoms with Crippen molar-refractivity contribution in [2.24, 2.45) is 0 Å². The Morgan fingerprint density at radius 3 is 2.53 bits per heavy atom. The first kappa shape index (κ1) is 26.8. The van der Waals surface area contributed by atoms with Crippen LogP contribution in [0.15, 0.2) is 65.6 Å². The highest BCUT2D eigenvalue weighted by molar-refractivity contribution is 8.18. The molecule has 0 radical (unpaired) electrons. The number of rotatable bonds is 9. The predicted octanol–water partition coefficient (Wildman–Crippen LogP) is 5.89. The Bertz CT molecular complexity index is 1460. The molecule has 2 amide bonds. The fourth-order valence-electron chi connectivity index (χ4n) is 3.51. The molecule has 1 heterocycles. The summed E-state index contributed by atoms with van der Waals surface area (Å²) in [6, 6.07) is 13.9. The van der Waals surface area contributed by atoms with Crippen LogP contribution in [0, 0.1) is 15.9 Å². The summed E-state index contributed by atoms with van der Waals surface area (Å²) in [6.07, 6.45) is 1.46. The van der Waals surface area contributed by atoms with Gasteiger partial charge in [-0.1, -0.05) is 23.7 Å². The van der Waals surface area contributed by atoms with E-state index in [1.807, 2.05) is 0 Å². The number of carbonyl (C=O) groups excluding carboxylic acids is 3. The van der Waals surface area contributed by atoms with E-state index >= 15 is 0 Å². The monoisotopic (exact) mass is 556 g/mol. The zero-order chi connectivity index (χ0) is 27.4. The van der Waals surface area contributed by atoms with Gasteiger partial charge in [-0.15, -0.1) is 0 Å². The minimum Gasteiger partial charge on any atom is -0.493 e. The SMILES string of the molecule is COc1ccc(/C=C2/SC(=O)N(CC(=O)c3ccc([N+](=O)[O-])cc3)C2=O)cc1OCc1c(F)cccc1Cl. The number of imide groups is 1. The number of methoxy groups -OCH3 is 1. The molecule has 4 rings (SSSR count). The van der Waals surface area contributed by atoms with Crippen molar-refractivity contribution in [1.29, 1.82) is 0 Å². The third-order valence-corrected chi connectivity index (χ3v) is 6.76. The smallest absolute Gasteiger partial charge is 0.293 e. The Labute approximate surface area is 224 Å². The van der Waals surface area contributed by atoms with E-state index in [9.17, 15) is 28.9 Å². The number of benzene rings is 3. The van der Waals surface area contributed by atoms with Crippen LogP contribution in [-0.2, 0) is 11.4 Å². The van der Waals surface area contributed by atoms with Crippen molar-refractivity contribution in [3.05, 3.63) is 103 Å². The standard InChI is InChI=1S/C26H18ClFN2O7S/c1-36-22-10-5-15(11-23(22)37-14-18-19(27)3-2-4-20(18)28)12-24-25(32)29(26(33)38-24)13-21(31)16-6-8-17(9-7-16)30(34)35/h2-12H,13-14H2,1H3/b24-12+. The maximum Gasteiger partial charge on any atom is 0.293 e. The highest BCUT2D eigenvalue weighted by Gasteiger charge is 2.36. The van der Waals surface area contributed by atoms with E-state index in [0.717, 1.165) is 4.90 Å². The van der Waals surface area contributed by atoms with Gasteiger partial charge in [-0.05, 0) is 59.8 Å². The van der Waals surface area contributed by atoms with Crippen LogP contribution in [-0.4, -0.2) is 40.4 Å². The maximum absolute atomic E-state index is 14.1. The van der Waals surface area contributed by atoms with Crippen LogP contribution in [0.2, 0.25) is 5.02 Å². The second kappa shape index (κ2) is 11.4. The summed E-state index contributed by atoms with van der Waals surface area (Å²) in [4.78, 5) is 49.0. The number of ketones is 1. The maximum atomic E-state index is 14.1. The fraction of sp³-hybridized carbons (Fsp3) is 0.115. The Hall–Kier alpha value is -4.22. The van der Waals surface area contributed by atoms with Crippen LogP contribution in [0.4, 0.5) is 14.9 Å². The van der Waals surface area contributed by atoms with Gasteiger partial charge in [0.25, 0.3) is 16.8 Å². The molecular weight excluding hydrogens is 539 g/mol. The fourth-order valence-corrected chi connectivity index (χ4v) is 4.56. The number of amides is 2. The molecule has 0 spiro atoms. The first-order chi connectivity index (χ1) is 18.2. The molecule has 38 heavy (non-hydrogen) atoms. The van der Waals surface area contributed by atoms with E-state index in [1.54, 1.807) is 24.3 Å². The van der Waals surface area contributed by atoms with Crippen molar-refractivity contribution in [1.82, 2.24) is 4.90 Å². The Balaban J connectivity index is 1.50. The molecule has 0 atom stereocenters. The lowest BCUT2D eigenvalue weighted by Gasteiger charge is -2.13. The molecule has 12 heteroatoms. The summed E-state index contributed by atoms with van der Waals surface area (Å²) in [5.41, 5.74) is 0.606. The number of non-ortho nitro benzene ring substituents is 1. The topological polar surface area (TPSA) is 116 Å². The molecule has 0 unspecified atom stereocenters. The Kier molecular flexibility index (Phi) is 8.08. The Morgan fingerprint density at radius 2 is 1.87 bits per heavy atom. The van der Waals surface area contributed by atoms with Gasteiger partial charge in [-0.3, -0.25) is 29.4 Å². The molecule has 1 saturated heterocycles. The van der Waals surface area contributed by atoms with Gasteiger partial charge in [0.2, 0.25) is 0 Å². The van der Waals surface area contributed by atoms with E-state index in [1.165, 1.54) is 49.6 Å². The van der Waals surface area contributed by atoms with E-state index < -0.39 is 34.2 Å².